The topological polar surface area (TPSA) is 6.89 Å². The minimum Gasteiger partial charge on any atom is -0.200 e. The number of hydrogen-bond acceptors (Lipinski definition) is 0. The van der Waals surface area contributed by atoms with E-state index in [-0.39, 0.29) is 5.41 Å². The van der Waals surface area contributed by atoms with Crippen LogP contribution in [0.3, 0.4) is 0 Å². The summed E-state index contributed by atoms with van der Waals surface area (Å²) >= 11 is 0. The number of pyridine rings is 1. The van der Waals surface area contributed by atoms with E-state index in [0.717, 1.165) is 0 Å². The van der Waals surface area contributed by atoms with Crippen LogP contribution in [0.15, 0.2) is 66.9 Å². The van der Waals surface area contributed by atoms with Crippen LogP contribution in [-0.2, 0) is 12.5 Å². The lowest BCUT2D eigenvalue weighted by molar-refractivity contribution is -0.645. The summed E-state index contributed by atoms with van der Waals surface area (Å²) < 4.78 is 4.50. The second kappa shape index (κ2) is 5.66. The van der Waals surface area contributed by atoms with Gasteiger partial charge in [-0.3, -0.25) is 0 Å². The molecule has 0 aliphatic carbocycles. The van der Waals surface area contributed by atoms with Crippen LogP contribution in [0, 0.1) is 0 Å². The maximum atomic E-state index is 2.31. The molecule has 0 saturated carbocycles. The predicted octanol–water partition coefficient (Wildman–Crippen LogP) is 4.38. The quantitative estimate of drug-likeness (QED) is 0.616. The zero-order chi connectivity index (χ0) is 17.6. The maximum absolute atomic E-state index is 2.31. The molecule has 25 heavy (non-hydrogen) atoms. The average molecular weight is 328 g/mol. The lowest BCUT2D eigenvalue weighted by Crippen LogP contribution is -2.29. The number of nitrogens with zero attached hydrogens (tertiary/aromatic N) is 2. The first-order chi connectivity index (χ1) is 12.0. The molecule has 3 aromatic rings. The van der Waals surface area contributed by atoms with Crippen molar-refractivity contribution in [1.29, 1.82) is 0 Å². The minimum atomic E-state index is 0.0148. The molecule has 0 radical (unpaired) electrons. The van der Waals surface area contributed by atoms with Crippen LogP contribution in [-0.4, -0.2) is 17.3 Å². The van der Waals surface area contributed by atoms with E-state index in [4.69, 9.17) is 0 Å². The van der Waals surface area contributed by atoms with Crippen LogP contribution in [0.2, 0.25) is 0 Å². The average Bonchev–Trinajstić information content (AvgIpc) is 2.80. The van der Waals surface area contributed by atoms with Crippen LogP contribution in [0.25, 0.3) is 17.0 Å². The number of benzene rings is 2. The first kappa shape index (κ1) is 15.8. The highest BCUT2D eigenvalue weighted by molar-refractivity contribution is 6.05. The summed E-state index contributed by atoms with van der Waals surface area (Å²) in [4.78, 5) is 0. The first-order valence-corrected chi connectivity index (χ1v) is 8.75. The van der Waals surface area contributed by atoms with Crippen molar-refractivity contribution in [2.24, 2.45) is 7.05 Å². The molecule has 0 N–H and O–H groups in total. The first-order valence-electron chi connectivity index (χ1n) is 8.75. The Hall–Kier alpha value is -2.74. The zero-order valence-corrected chi connectivity index (χ0v) is 15.3. The van der Waals surface area contributed by atoms with Gasteiger partial charge in [0.05, 0.1) is 5.41 Å². The third kappa shape index (κ3) is 2.49. The van der Waals surface area contributed by atoms with Crippen LogP contribution in [0.4, 0.5) is 5.69 Å². The van der Waals surface area contributed by atoms with Crippen molar-refractivity contribution < 1.29 is 9.14 Å². The fourth-order valence-corrected chi connectivity index (χ4v) is 4.01. The number of rotatable bonds is 2. The van der Waals surface area contributed by atoms with E-state index in [1.807, 2.05) is 0 Å². The van der Waals surface area contributed by atoms with Gasteiger partial charge in [-0.1, -0.05) is 30.3 Å². The predicted molar refractivity (Wildman–Crippen MR) is 104 cm³/mol. The molecule has 0 fully saturated rings. The Morgan fingerprint density at radius 1 is 0.880 bits per heavy atom. The maximum Gasteiger partial charge on any atom is 0.212 e. The van der Waals surface area contributed by atoms with E-state index >= 15 is 0 Å². The van der Waals surface area contributed by atoms with Crippen molar-refractivity contribution >= 4 is 28.4 Å². The SMILES string of the molecule is C[N+]1=C(/C=C/c2cc3ccccc3[n+](C)c2)C(C)(C)c2ccccc21. The highest BCUT2D eigenvalue weighted by Gasteiger charge is 2.42. The van der Waals surface area contributed by atoms with Crippen molar-refractivity contribution in [1.82, 2.24) is 0 Å². The van der Waals surface area contributed by atoms with Crippen LogP contribution < -0.4 is 4.57 Å². The summed E-state index contributed by atoms with van der Waals surface area (Å²) in [5, 5.41) is 1.26. The lowest BCUT2D eigenvalue weighted by Gasteiger charge is -2.15. The molecule has 1 aliphatic rings. The lowest BCUT2D eigenvalue weighted by atomic mass is 9.81. The molecule has 0 atom stereocenters. The van der Waals surface area contributed by atoms with Gasteiger partial charge < -0.3 is 0 Å². The summed E-state index contributed by atoms with van der Waals surface area (Å²) in [6.07, 6.45) is 6.69. The summed E-state index contributed by atoms with van der Waals surface area (Å²) in [5.41, 5.74) is 6.50. The van der Waals surface area contributed by atoms with Crippen molar-refractivity contribution in [2.75, 3.05) is 7.05 Å². The Morgan fingerprint density at radius 3 is 2.40 bits per heavy atom. The van der Waals surface area contributed by atoms with Gasteiger partial charge in [0.25, 0.3) is 0 Å². The molecule has 0 saturated heterocycles. The van der Waals surface area contributed by atoms with E-state index in [0.29, 0.717) is 0 Å². The van der Waals surface area contributed by atoms with Gasteiger partial charge in [-0.05, 0) is 32.1 Å². The molecule has 2 heterocycles. The van der Waals surface area contributed by atoms with E-state index in [9.17, 15) is 0 Å². The molecular formula is C23H24N2+2. The smallest absolute Gasteiger partial charge is 0.200 e. The molecule has 0 bridgehead atoms. The highest BCUT2D eigenvalue weighted by atomic mass is 15.0. The van der Waals surface area contributed by atoms with Gasteiger partial charge in [0.1, 0.15) is 14.1 Å². The zero-order valence-electron chi connectivity index (χ0n) is 15.3. The third-order valence-electron chi connectivity index (χ3n) is 5.36. The normalized spacial score (nSPS) is 16.0. The fourth-order valence-electron chi connectivity index (χ4n) is 4.01. The Labute approximate surface area is 149 Å². The van der Waals surface area contributed by atoms with Crippen LogP contribution in [0.5, 0.6) is 0 Å². The summed E-state index contributed by atoms with van der Waals surface area (Å²) in [6, 6.07) is 19.4. The van der Waals surface area contributed by atoms with Gasteiger partial charge in [-0.15, -0.1) is 0 Å². The largest absolute Gasteiger partial charge is 0.212 e. The van der Waals surface area contributed by atoms with Gasteiger partial charge in [-0.2, -0.15) is 4.58 Å². The molecule has 2 nitrogen and oxygen atoms in total. The molecule has 2 aromatic carbocycles. The van der Waals surface area contributed by atoms with Crippen LogP contribution >= 0.6 is 0 Å². The Kier molecular flexibility index (Phi) is 3.57. The molecule has 0 spiro atoms. The van der Waals surface area contributed by atoms with Crippen molar-refractivity contribution in [3.63, 3.8) is 0 Å². The number of allylic oxidation sites excluding steroid dienone is 1. The number of fused-ring (bicyclic) bond motifs is 2. The van der Waals surface area contributed by atoms with Gasteiger partial charge >= 0.3 is 0 Å². The van der Waals surface area contributed by atoms with Crippen molar-refractivity contribution in [2.45, 2.75) is 19.3 Å². The Morgan fingerprint density at radius 2 is 1.60 bits per heavy atom. The van der Waals surface area contributed by atoms with Gasteiger partial charge in [0.2, 0.25) is 11.2 Å². The van der Waals surface area contributed by atoms with E-state index in [1.54, 1.807) is 0 Å². The fraction of sp³-hybridized carbons (Fsp3) is 0.217. The molecule has 0 unspecified atom stereocenters. The third-order valence-corrected chi connectivity index (χ3v) is 5.36. The van der Waals surface area contributed by atoms with Gasteiger partial charge in [0, 0.05) is 34.7 Å². The summed E-state index contributed by atoms with van der Waals surface area (Å²) in [7, 11) is 4.27. The standard InChI is InChI=1S/C23H24N2/c1-23(2)19-10-6-8-12-21(19)25(4)22(23)14-13-17-15-18-9-5-7-11-20(18)24(3)16-17/h5-16H,1-4H3/q+2/b14-13+. The van der Waals surface area contributed by atoms with Gasteiger partial charge in [-0.25, -0.2) is 4.57 Å². The highest BCUT2D eigenvalue weighted by Crippen LogP contribution is 2.39. The molecule has 1 aromatic heterocycles. The molecule has 1 aliphatic heterocycles. The second-order valence-electron chi connectivity index (χ2n) is 7.36. The monoisotopic (exact) mass is 328 g/mol. The van der Waals surface area contributed by atoms with Crippen LogP contribution in [0.1, 0.15) is 25.0 Å². The Balaban J connectivity index is 1.77. The molecule has 124 valence electrons. The van der Waals surface area contributed by atoms with Crippen molar-refractivity contribution in [3.05, 3.63) is 78.0 Å². The Bertz CT molecular complexity index is 1040. The van der Waals surface area contributed by atoms with E-state index in [2.05, 4.69) is 110 Å². The summed E-state index contributed by atoms with van der Waals surface area (Å²) in [5.74, 6) is 0. The van der Waals surface area contributed by atoms with Crippen molar-refractivity contribution in [3.8, 4) is 0 Å². The van der Waals surface area contributed by atoms with E-state index < -0.39 is 0 Å². The van der Waals surface area contributed by atoms with E-state index in [1.165, 1.54) is 33.4 Å². The molecule has 0 amide bonds. The molecule has 4 rings (SSSR count). The number of hydrogen-bond donors (Lipinski definition) is 0. The molecule has 2 heteroatoms. The number of aryl methyl sites for hydroxylation is 1. The number of aromatic nitrogens is 1. The molecular weight excluding hydrogens is 304 g/mol. The minimum absolute atomic E-state index is 0.0148. The number of para-hydroxylation sites is 2. The second-order valence-corrected chi connectivity index (χ2v) is 7.36. The summed E-state index contributed by atoms with van der Waals surface area (Å²) in [6.45, 7) is 4.60. The van der Waals surface area contributed by atoms with Gasteiger partial charge in [0.15, 0.2) is 11.9 Å².